The van der Waals surface area contributed by atoms with Crippen molar-refractivity contribution in [2.24, 2.45) is 5.92 Å². The van der Waals surface area contributed by atoms with Crippen molar-refractivity contribution in [1.82, 2.24) is 14.7 Å². The second-order valence-corrected chi connectivity index (χ2v) is 6.00. The molecular formula is C14H25N3O4. The highest BCUT2D eigenvalue weighted by atomic mass is 16.4. The number of carbonyl (C=O) groups excluding carboxylic acids is 2. The molecule has 1 aliphatic heterocycles. The van der Waals surface area contributed by atoms with E-state index < -0.39 is 11.9 Å². The number of aliphatic carboxylic acids is 1. The van der Waals surface area contributed by atoms with Gasteiger partial charge in [0, 0.05) is 32.1 Å². The SMILES string of the molecule is CC(C)N1C[C@@H](C(=O)N(CCN(C)C)CC(=O)O)CC1=O. The first-order chi connectivity index (χ1) is 9.72. The van der Waals surface area contributed by atoms with Crippen LogP contribution >= 0.6 is 0 Å². The van der Waals surface area contributed by atoms with Gasteiger partial charge in [-0.05, 0) is 27.9 Å². The summed E-state index contributed by atoms with van der Waals surface area (Å²) >= 11 is 0. The van der Waals surface area contributed by atoms with E-state index in [-0.39, 0.29) is 30.8 Å². The molecule has 2 amide bonds. The van der Waals surface area contributed by atoms with Crippen LogP contribution in [0, 0.1) is 5.92 Å². The Hall–Kier alpha value is -1.63. The van der Waals surface area contributed by atoms with E-state index in [0.717, 1.165) is 0 Å². The molecule has 0 saturated carbocycles. The lowest BCUT2D eigenvalue weighted by atomic mass is 10.1. The molecule has 1 atom stereocenters. The van der Waals surface area contributed by atoms with Gasteiger partial charge in [0.2, 0.25) is 11.8 Å². The molecule has 0 bridgehead atoms. The predicted octanol–water partition coefficient (Wildman–Crippen LogP) is -0.282. The van der Waals surface area contributed by atoms with Crippen molar-refractivity contribution in [3.05, 3.63) is 0 Å². The van der Waals surface area contributed by atoms with Crippen molar-refractivity contribution in [2.75, 3.05) is 40.3 Å². The fourth-order valence-corrected chi connectivity index (χ4v) is 2.41. The summed E-state index contributed by atoms with van der Waals surface area (Å²) in [6.07, 6.45) is 0.176. The van der Waals surface area contributed by atoms with Crippen LogP contribution in [0.15, 0.2) is 0 Å². The molecule has 0 spiro atoms. The van der Waals surface area contributed by atoms with Gasteiger partial charge in [0.1, 0.15) is 6.54 Å². The fraction of sp³-hybridized carbons (Fsp3) is 0.786. The van der Waals surface area contributed by atoms with Crippen LogP contribution < -0.4 is 0 Å². The summed E-state index contributed by atoms with van der Waals surface area (Å²) in [4.78, 5) is 40.2. The lowest BCUT2D eigenvalue weighted by molar-refractivity contribution is -0.146. The van der Waals surface area contributed by atoms with E-state index in [9.17, 15) is 14.4 Å². The Morgan fingerprint density at radius 1 is 1.33 bits per heavy atom. The van der Waals surface area contributed by atoms with Gasteiger partial charge in [0.05, 0.1) is 5.92 Å². The zero-order chi connectivity index (χ0) is 16.2. The minimum atomic E-state index is -1.04. The Labute approximate surface area is 125 Å². The number of amides is 2. The molecule has 0 aromatic carbocycles. The molecule has 1 rings (SSSR count). The van der Waals surface area contributed by atoms with E-state index in [1.54, 1.807) is 4.90 Å². The molecule has 21 heavy (non-hydrogen) atoms. The second kappa shape index (κ2) is 7.40. The number of hydrogen-bond donors (Lipinski definition) is 1. The van der Waals surface area contributed by atoms with E-state index in [1.165, 1.54) is 4.90 Å². The zero-order valence-corrected chi connectivity index (χ0v) is 13.2. The smallest absolute Gasteiger partial charge is 0.323 e. The number of carboxylic acid groups (broad SMARTS) is 1. The number of rotatable bonds is 7. The number of likely N-dealkylation sites (N-methyl/N-ethyl adjacent to an activating group) is 1. The summed E-state index contributed by atoms with van der Waals surface area (Å²) in [5.74, 6) is -1.74. The number of carboxylic acids is 1. The topological polar surface area (TPSA) is 81.2 Å². The number of nitrogens with zero attached hydrogens (tertiary/aromatic N) is 3. The molecule has 0 aromatic rings. The highest BCUT2D eigenvalue weighted by Crippen LogP contribution is 2.22. The van der Waals surface area contributed by atoms with Crippen LogP contribution in [0.3, 0.4) is 0 Å². The zero-order valence-electron chi connectivity index (χ0n) is 13.2. The van der Waals surface area contributed by atoms with Gasteiger partial charge in [-0.1, -0.05) is 0 Å². The Balaban J connectivity index is 2.71. The van der Waals surface area contributed by atoms with Crippen molar-refractivity contribution >= 4 is 17.8 Å². The third-order valence-electron chi connectivity index (χ3n) is 3.59. The molecule has 0 radical (unpaired) electrons. The maximum Gasteiger partial charge on any atom is 0.323 e. The summed E-state index contributed by atoms with van der Waals surface area (Å²) in [7, 11) is 3.73. The third-order valence-corrected chi connectivity index (χ3v) is 3.59. The van der Waals surface area contributed by atoms with Crippen LogP contribution in [-0.4, -0.2) is 83.9 Å². The van der Waals surface area contributed by atoms with E-state index in [1.807, 2.05) is 32.8 Å². The van der Waals surface area contributed by atoms with Gasteiger partial charge in [0.15, 0.2) is 0 Å². The minimum Gasteiger partial charge on any atom is -0.480 e. The lowest BCUT2D eigenvalue weighted by Crippen LogP contribution is -2.44. The molecule has 7 heteroatoms. The van der Waals surface area contributed by atoms with Crippen LogP contribution in [0.1, 0.15) is 20.3 Å². The molecule has 0 unspecified atom stereocenters. The number of carbonyl (C=O) groups is 3. The van der Waals surface area contributed by atoms with E-state index in [2.05, 4.69) is 0 Å². The summed E-state index contributed by atoms with van der Waals surface area (Å²) < 4.78 is 0. The van der Waals surface area contributed by atoms with Gasteiger partial charge >= 0.3 is 5.97 Å². The predicted molar refractivity (Wildman–Crippen MR) is 77.7 cm³/mol. The number of likely N-dealkylation sites (tertiary alicyclic amines) is 1. The van der Waals surface area contributed by atoms with Gasteiger partial charge in [-0.15, -0.1) is 0 Å². The highest BCUT2D eigenvalue weighted by molar-refractivity contribution is 5.90. The molecule has 1 saturated heterocycles. The Bertz CT molecular complexity index is 409. The summed E-state index contributed by atoms with van der Waals surface area (Å²) in [5.41, 5.74) is 0. The fourth-order valence-electron chi connectivity index (χ4n) is 2.41. The first-order valence-corrected chi connectivity index (χ1v) is 7.17. The summed E-state index contributed by atoms with van der Waals surface area (Å²) in [6.45, 7) is 4.82. The first-order valence-electron chi connectivity index (χ1n) is 7.17. The maximum absolute atomic E-state index is 12.5. The van der Waals surface area contributed by atoms with Crippen molar-refractivity contribution in [2.45, 2.75) is 26.3 Å². The standard InChI is InChI=1S/C14H25N3O4/c1-10(2)17-8-11(7-12(17)18)14(21)16(9-13(19)20)6-5-15(3)4/h10-11H,5-9H2,1-4H3,(H,19,20)/t11-/m0/s1. The molecule has 7 nitrogen and oxygen atoms in total. The van der Waals surface area contributed by atoms with Crippen molar-refractivity contribution in [3.8, 4) is 0 Å². The van der Waals surface area contributed by atoms with Crippen molar-refractivity contribution in [1.29, 1.82) is 0 Å². The first kappa shape index (κ1) is 17.4. The Morgan fingerprint density at radius 2 is 1.95 bits per heavy atom. The van der Waals surface area contributed by atoms with Gasteiger partial charge < -0.3 is 19.8 Å². The quantitative estimate of drug-likeness (QED) is 0.699. The molecule has 0 aromatic heterocycles. The normalized spacial score (nSPS) is 18.7. The van der Waals surface area contributed by atoms with E-state index in [4.69, 9.17) is 5.11 Å². The molecular weight excluding hydrogens is 274 g/mol. The third kappa shape index (κ3) is 5.00. The molecule has 1 N–H and O–H groups in total. The van der Waals surface area contributed by atoms with E-state index >= 15 is 0 Å². The van der Waals surface area contributed by atoms with Crippen molar-refractivity contribution in [3.63, 3.8) is 0 Å². The van der Waals surface area contributed by atoms with Crippen molar-refractivity contribution < 1.29 is 19.5 Å². The average Bonchev–Trinajstić information content (AvgIpc) is 2.75. The largest absolute Gasteiger partial charge is 0.480 e. The van der Waals surface area contributed by atoms with Crippen LogP contribution in [0.25, 0.3) is 0 Å². The Kier molecular flexibility index (Phi) is 6.14. The monoisotopic (exact) mass is 299 g/mol. The van der Waals surface area contributed by atoms with Gasteiger partial charge in [-0.3, -0.25) is 14.4 Å². The molecule has 1 fully saturated rings. The molecule has 1 aliphatic rings. The van der Waals surface area contributed by atoms with Gasteiger partial charge in [-0.25, -0.2) is 0 Å². The average molecular weight is 299 g/mol. The van der Waals surface area contributed by atoms with Crippen LogP contribution in [0.5, 0.6) is 0 Å². The maximum atomic E-state index is 12.5. The van der Waals surface area contributed by atoms with Crippen LogP contribution in [0.2, 0.25) is 0 Å². The highest BCUT2D eigenvalue weighted by Gasteiger charge is 2.37. The minimum absolute atomic E-state index is 0.0359. The van der Waals surface area contributed by atoms with E-state index in [0.29, 0.717) is 19.6 Å². The summed E-state index contributed by atoms with van der Waals surface area (Å²) in [5, 5.41) is 8.95. The van der Waals surface area contributed by atoms with Gasteiger partial charge in [0.25, 0.3) is 0 Å². The summed E-state index contributed by atoms with van der Waals surface area (Å²) in [6, 6.07) is 0.0602. The molecule has 120 valence electrons. The van der Waals surface area contributed by atoms with Crippen LogP contribution in [0.4, 0.5) is 0 Å². The molecule has 1 heterocycles. The molecule has 0 aliphatic carbocycles. The van der Waals surface area contributed by atoms with Gasteiger partial charge in [-0.2, -0.15) is 0 Å². The second-order valence-electron chi connectivity index (χ2n) is 6.00. The van der Waals surface area contributed by atoms with Crippen LogP contribution in [-0.2, 0) is 14.4 Å². The lowest BCUT2D eigenvalue weighted by Gasteiger charge is -2.26. The Morgan fingerprint density at radius 3 is 2.38 bits per heavy atom. The number of hydrogen-bond acceptors (Lipinski definition) is 4.